The second kappa shape index (κ2) is 12.4. The first-order chi connectivity index (χ1) is 11.2. The average molecular weight is 321 g/mol. The van der Waals surface area contributed by atoms with E-state index >= 15 is 0 Å². The van der Waals surface area contributed by atoms with Crippen LogP contribution in [0.2, 0.25) is 0 Å². The molecule has 0 fully saturated rings. The van der Waals surface area contributed by atoms with Gasteiger partial charge in [0.1, 0.15) is 0 Å². The van der Waals surface area contributed by atoms with Crippen LogP contribution in [0.1, 0.15) is 71.6 Å². The van der Waals surface area contributed by atoms with Gasteiger partial charge in [-0.25, -0.2) is 0 Å². The van der Waals surface area contributed by atoms with E-state index < -0.39 is 0 Å². The van der Waals surface area contributed by atoms with E-state index in [0.717, 1.165) is 0 Å². The molecule has 1 atom stereocenters. The molecule has 0 bridgehead atoms. The molecule has 0 radical (unpaired) electrons. The van der Waals surface area contributed by atoms with Crippen LogP contribution in [0.5, 0.6) is 0 Å². The summed E-state index contributed by atoms with van der Waals surface area (Å²) < 4.78 is 0. The van der Waals surface area contributed by atoms with Crippen LogP contribution in [0.25, 0.3) is 0 Å². The van der Waals surface area contributed by atoms with E-state index in [1.807, 2.05) is 41.5 Å². The number of rotatable bonds is 0. The Hall–Kier alpha value is -1.02. The molecule has 134 valence electrons. The fraction of sp³-hybridized carbons (Fsp3) is 0.714. The first-order valence-corrected chi connectivity index (χ1v) is 9.82. The third kappa shape index (κ3) is 6.55. The second-order valence-electron chi connectivity index (χ2n) is 5.67. The van der Waals surface area contributed by atoms with Gasteiger partial charge in [0, 0.05) is 24.8 Å². The van der Waals surface area contributed by atoms with Crippen molar-refractivity contribution in [2.75, 3.05) is 25.5 Å². The molecule has 0 spiro atoms. The van der Waals surface area contributed by atoms with Crippen LogP contribution >= 0.6 is 0 Å². The van der Waals surface area contributed by atoms with Gasteiger partial charge in [-0.2, -0.15) is 0 Å². The van der Waals surface area contributed by atoms with Gasteiger partial charge in [-0.05, 0) is 62.4 Å². The van der Waals surface area contributed by atoms with E-state index in [1.165, 1.54) is 50.0 Å². The van der Waals surface area contributed by atoms with Gasteiger partial charge in [-0.1, -0.05) is 47.6 Å². The maximum Gasteiger partial charge on any atom is 0.0377 e. The highest BCUT2D eigenvalue weighted by atomic mass is 15.1. The van der Waals surface area contributed by atoms with Crippen LogP contribution in [0.4, 0.5) is 5.69 Å². The molecule has 2 heteroatoms. The molecule has 3 rings (SSSR count). The standard InChI is InChI=1S/C15H22N2.3C2H6/c1-11-3-4-14-9-12-5-7-17(2)8-6-13(12)10-15(14)16-11;3*1-2/h9-11,16H,3-8H2,1-2H3;3*1-2H3. The molecule has 1 N–H and O–H groups in total. The van der Waals surface area contributed by atoms with Crippen LogP contribution in [0, 0.1) is 0 Å². The Morgan fingerprint density at radius 2 is 1.35 bits per heavy atom. The highest BCUT2D eigenvalue weighted by Crippen LogP contribution is 2.29. The highest BCUT2D eigenvalue weighted by Gasteiger charge is 2.18. The number of anilines is 1. The van der Waals surface area contributed by atoms with Gasteiger partial charge in [0.05, 0.1) is 0 Å². The molecule has 0 aliphatic carbocycles. The van der Waals surface area contributed by atoms with Crippen LogP contribution in [-0.2, 0) is 19.3 Å². The Bertz CT molecular complexity index is 426. The molecule has 2 heterocycles. The molecule has 2 aliphatic heterocycles. The summed E-state index contributed by atoms with van der Waals surface area (Å²) in [5.41, 5.74) is 6.08. The van der Waals surface area contributed by atoms with E-state index in [1.54, 1.807) is 11.1 Å². The number of hydrogen-bond acceptors (Lipinski definition) is 2. The van der Waals surface area contributed by atoms with Crippen LogP contribution in [-0.4, -0.2) is 31.1 Å². The van der Waals surface area contributed by atoms with Gasteiger partial charge < -0.3 is 10.2 Å². The lowest BCUT2D eigenvalue weighted by atomic mass is 9.92. The van der Waals surface area contributed by atoms with Gasteiger partial charge in [-0.3, -0.25) is 0 Å². The lowest BCUT2D eigenvalue weighted by Crippen LogP contribution is -2.22. The lowest BCUT2D eigenvalue weighted by Gasteiger charge is -2.25. The largest absolute Gasteiger partial charge is 0.382 e. The van der Waals surface area contributed by atoms with Crippen LogP contribution in [0.3, 0.4) is 0 Å². The SMILES string of the molecule is CC.CC.CC.CC1CCc2cc3c(cc2N1)CCN(C)CC3. The predicted molar refractivity (Wildman–Crippen MR) is 107 cm³/mol. The summed E-state index contributed by atoms with van der Waals surface area (Å²) in [7, 11) is 2.23. The Morgan fingerprint density at radius 3 is 1.91 bits per heavy atom. The van der Waals surface area contributed by atoms with Crippen molar-refractivity contribution in [3.8, 4) is 0 Å². The van der Waals surface area contributed by atoms with Gasteiger partial charge >= 0.3 is 0 Å². The monoisotopic (exact) mass is 320 g/mol. The Morgan fingerprint density at radius 1 is 0.826 bits per heavy atom. The number of hydrogen-bond donors (Lipinski definition) is 1. The quantitative estimate of drug-likeness (QED) is 0.675. The molecule has 0 amide bonds. The first-order valence-electron chi connectivity index (χ1n) is 9.82. The van der Waals surface area contributed by atoms with E-state index in [4.69, 9.17) is 0 Å². The third-order valence-corrected chi connectivity index (χ3v) is 4.20. The number of fused-ring (bicyclic) bond motifs is 2. The summed E-state index contributed by atoms with van der Waals surface area (Å²) in [6.45, 7) is 16.7. The molecule has 2 aliphatic rings. The fourth-order valence-electron chi connectivity index (χ4n) is 2.99. The molecule has 1 aromatic rings. The van der Waals surface area contributed by atoms with Crippen LogP contribution < -0.4 is 5.32 Å². The minimum absolute atomic E-state index is 0.633. The van der Waals surface area contributed by atoms with Crippen molar-refractivity contribution in [2.45, 2.75) is 80.2 Å². The maximum absolute atomic E-state index is 3.63. The topological polar surface area (TPSA) is 15.3 Å². The van der Waals surface area contributed by atoms with Crippen molar-refractivity contribution in [2.24, 2.45) is 0 Å². The van der Waals surface area contributed by atoms with Crippen LogP contribution in [0.15, 0.2) is 12.1 Å². The summed E-state index contributed by atoms with van der Waals surface area (Å²) in [5, 5.41) is 3.63. The summed E-state index contributed by atoms with van der Waals surface area (Å²) in [4.78, 5) is 2.44. The molecule has 0 saturated carbocycles. The van der Waals surface area contributed by atoms with Crippen molar-refractivity contribution in [1.82, 2.24) is 4.90 Å². The number of aryl methyl sites for hydroxylation is 1. The Labute approximate surface area is 145 Å². The second-order valence-corrected chi connectivity index (χ2v) is 5.67. The molecule has 0 saturated heterocycles. The van der Waals surface area contributed by atoms with Gasteiger partial charge in [0.25, 0.3) is 0 Å². The number of nitrogens with zero attached hydrogens (tertiary/aromatic N) is 1. The normalized spacial score (nSPS) is 18.9. The molecule has 2 nitrogen and oxygen atoms in total. The Kier molecular flexibility index (Phi) is 11.9. The zero-order valence-electron chi connectivity index (χ0n) is 16.9. The molecule has 1 unspecified atom stereocenters. The summed E-state index contributed by atoms with van der Waals surface area (Å²) in [6, 6.07) is 5.51. The van der Waals surface area contributed by atoms with Crippen molar-refractivity contribution in [3.05, 3.63) is 28.8 Å². The Balaban J connectivity index is 0.000000728. The highest BCUT2D eigenvalue weighted by molar-refractivity contribution is 5.58. The first kappa shape index (κ1) is 22.0. The maximum atomic E-state index is 3.63. The molecular formula is C21H40N2. The number of likely N-dealkylation sites (N-methyl/N-ethyl adjacent to an activating group) is 1. The minimum atomic E-state index is 0.633. The zero-order valence-corrected chi connectivity index (χ0v) is 16.9. The molecular weight excluding hydrogens is 280 g/mol. The number of benzene rings is 1. The predicted octanol–water partition coefficient (Wildman–Crippen LogP) is 5.54. The van der Waals surface area contributed by atoms with Crippen molar-refractivity contribution in [3.63, 3.8) is 0 Å². The van der Waals surface area contributed by atoms with E-state index in [9.17, 15) is 0 Å². The lowest BCUT2D eigenvalue weighted by molar-refractivity contribution is 0.352. The smallest absolute Gasteiger partial charge is 0.0377 e. The fourth-order valence-corrected chi connectivity index (χ4v) is 2.99. The number of nitrogens with one attached hydrogen (secondary N) is 1. The van der Waals surface area contributed by atoms with Gasteiger partial charge in [0.15, 0.2) is 0 Å². The van der Waals surface area contributed by atoms with E-state index in [0.29, 0.717) is 6.04 Å². The van der Waals surface area contributed by atoms with Crippen molar-refractivity contribution in [1.29, 1.82) is 0 Å². The van der Waals surface area contributed by atoms with E-state index in [2.05, 4.69) is 36.3 Å². The van der Waals surface area contributed by atoms with Gasteiger partial charge in [-0.15, -0.1) is 0 Å². The van der Waals surface area contributed by atoms with Gasteiger partial charge in [0.2, 0.25) is 0 Å². The summed E-state index contributed by atoms with van der Waals surface area (Å²) in [6.07, 6.45) is 4.93. The molecule has 0 aromatic heterocycles. The average Bonchev–Trinajstić information content (AvgIpc) is 2.80. The molecule has 23 heavy (non-hydrogen) atoms. The van der Waals surface area contributed by atoms with Crippen molar-refractivity contribution < 1.29 is 0 Å². The third-order valence-electron chi connectivity index (χ3n) is 4.20. The van der Waals surface area contributed by atoms with E-state index in [-0.39, 0.29) is 0 Å². The van der Waals surface area contributed by atoms with Crippen molar-refractivity contribution >= 4 is 5.69 Å². The molecule has 1 aromatic carbocycles. The summed E-state index contributed by atoms with van der Waals surface area (Å²) >= 11 is 0. The zero-order chi connectivity index (χ0) is 17.8. The summed E-state index contributed by atoms with van der Waals surface area (Å²) in [5.74, 6) is 0. The minimum Gasteiger partial charge on any atom is -0.382 e.